The van der Waals surface area contributed by atoms with E-state index in [0.29, 0.717) is 11.8 Å². The van der Waals surface area contributed by atoms with E-state index in [4.69, 9.17) is 4.74 Å². The third kappa shape index (κ3) is 4.17. The minimum atomic E-state index is 0.570. The highest BCUT2D eigenvalue weighted by Gasteiger charge is 2.12. The third-order valence-corrected chi connectivity index (χ3v) is 3.63. The van der Waals surface area contributed by atoms with Crippen LogP contribution in [0.2, 0.25) is 0 Å². The molecular formula is C14H21BrO. The minimum absolute atomic E-state index is 0.570. The van der Waals surface area contributed by atoms with Crippen LogP contribution in [-0.2, 0) is 0 Å². The maximum atomic E-state index is 5.85. The zero-order valence-electron chi connectivity index (χ0n) is 10.6. The van der Waals surface area contributed by atoms with E-state index in [1.807, 2.05) is 0 Å². The van der Waals surface area contributed by atoms with Crippen molar-refractivity contribution in [3.63, 3.8) is 0 Å². The number of alkyl halides is 1. The first-order valence-corrected chi connectivity index (χ1v) is 6.92. The van der Waals surface area contributed by atoms with Crippen LogP contribution in [0, 0.1) is 25.7 Å². The first-order chi connectivity index (χ1) is 7.52. The third-order valence-electron chi connectivity index (χ3n) is 2.80. The topological polar surface area (TPSA) is 9.23 Å². The van der Waals surface area contributed by atoms with Crippen molar-refractivity contribution in [2.24, 2.45) is 11.8 Å². The molecule has 1 unspecified atom stereocenters. The van der Waals surface area contributed by atoms with Gasteiger partial charge >= 0.3 is 0 Å². The van der Waals surface area contributed by atoms with E-state index in [9.17, 15) is 0 Å². The summed E-state index contributed by atoms with van der Waals surface area (Å²) in [6, 6.07) is 6.36. The molecule has 0 saturated heterocycles. The number of rotatable bonds is 5. The zero-order valence-corrected chi connectivity index (χ0v) is 12.2. The SMILES string of the molecule is Cc1cc(C)cc(OCC(CBr)C(C)C)c1. The smallest absolute Gasteiger partial charge is 0.119 e. The van der Waals surface area contributed by atoms with Gasteiger partial charge in [-0.2, -0.15) is 0 Å². The molecule has 1 atom stereocenters. The summed E-state index contributed by atoms with van der Waals surface area (Å²) in [6.45, 7) is 9.45. The monoisotopic (exact) mass is 284 g/mol. The fourth-order valence-electron chi connectivity index (χ4n) is 1.63. The van der Waals surface area contributed by atoms with Crippen molar-refractivity contribution in [2.75, 3.05) is 11.9 Å². The van der Waals surface area contributed by atoms with Crippen molar-refractivity contribution in [3.05, 3.63) is 29.3 Å². The van der Waals surface area contributed by atoms with Crippen LogP contribution in [0.25, 0.3) is 0 Å². The first-order valence-electron chi connectivity index (χ1n) is 5.80. The van der Waals surface area contributed by atoms with Gasteiger partial charge in [-0.3, -0.25) is 0 Å². The van der Waals surface area contributed by atoms with Crippen LogP contribution in [0.5, 0.6) is 5.75 Å². The molecule has 0 aromatic heterocycles. The molecule has 1 aromatic rings. The lowest BCUT2D eigenvalue weighted by atomic mass is 9.99. The average molecular weight is 285 g/mol. The molecule has 0 heterocycles. The lowest BCUT2D eigenvalue weighted by Crippen LogP contribution is -2.19. The lowest BCUT2D eigenvalue weighted by Gasteiger charge is -2.19. The van der Waals surface area contributed by atoms with Gasteiger partial charge in [-0.1, -0.05) is 35.8 Å². The summed E-state index contributed by atoms with van der Waals surface area (Å²) in [5.74, 6) is 2.20. The molecule has 1 rings (SSSR count). The van der Waals surface area contributed by atoms with E-state index < -0.39 is 0 Å². The molecule has 0 spiro atoms. The van der Waals surface area contributed by atoms with Crippen LogP contribution in [0.1, 0.15) is 25.0 Å². The lowest BCUT2D eigenvalue weighted by molar-refractivity contribution is 0.227. The molecule has 0 amide bonds. The maximum Gasteiger partial charge on any atom is 0.119 e. The van der Waals surface area contributed by atoms with Crippen LogP contribution in [0.4, 0.5) is 0 Å². The summed E-state index contributed by atoms with van der Waals surface area (Å²) in [6.07, 6.45) is 0. The molecule has 0 N–H and O–H groups in total. The van der Waals surface area contributed by atoms with Crippen LogP contribution in [0.15, 0.2) is 18.2 Å². The van der Waals surface area contributed by atoms with E-state index in [-0.39, 0.29) is 0 Å². The van der Waals surface area contributed by atoms with Crippen molar-refractivity contribution < 1.29 is 4.74 Å². The Morgan fingerprint density at radius 3 is 2.12 bits per heavy atom. The second-order valence-electron chi connectivity index (χ2n) is 4.79. The van der Waals surface area contributed by atoms with E-state index in [1.165, 1.54) is 11.1 Å². The highest BCUT2D eigenvalue weighted by molar-refractivity contribution is 9.09. The predicted octanol–water partition coefficient (Wildman–Crippen LogP) is 4.35. The summed E-state index contributed by atoms with van der Waals surface area (Å²) >= 11 is 3.54. The van der Waals surface area contributed by atoms with Gasteiger partial charge in [0.05, 0.1) is 6.61 Å². The van der Waals surface area contributed by atoms with Crippen molar-refractivity contribution in [1.82, 2.24) is 0 Å². The normalized spacial score (nSPS) is 12.9. The number of hydrogen-bond acceptors (Lipinski definition) is 1. The van der Waals surface area contributed by atoms with E-state index in [0.717, 1.165) is 17.7 Å². The molecule has 90 valence electrons. The zero-order chi connectivity index (χ0) is 12.1. The second kappa shape index (κ2) is 6.29. The fraction of sp³-hybridized carbons (Fsp3) is 0.571. The molecule has 1 nitrogen and oxygen atoms in total. The number of ether oxygens (including phenoxy) is 1. The summed E-state index contributed by atoms with van der Waals surface area (Å²) in [5.41, 5.74) is 2.52. The Labute approximate surface area is 107 Å². The van der Waals surface area contributed by atoms with Gasteiger partial charge in [-0.05, 0) is 43.0 Å². The highest BCUT2D eigenvalue weighted by Crippen LogP contribution is 2.19. The molecule has 0 fully saturated rings. The maximum absolute atomic E-state index is 5.85. The predicted molar refractivity (Wildman–Crippen MR) is 73.5 cm³/mol. The van der Waals surface area contributed by atoms with Crippen molar-refractivity contribution in [2.45, 2.75) is 27.7 Å². The highest BCUT2D eigenvalue weighted by atomic mass is 79.9. The molecule has 16 heavy (non-hydrogen) atoms. The summed E-state index contributed by atoms with van der Waals surface area (Å²) in [7, 11) is 0. The Morgan fingerprint density at radius 1 is 1.12 bits per heavy atom. The molecule has 2 heteroatoms. The Kier molecular flexibility index (Phi) is 5.33. The first kappa shape index (κ1) is 13.6. The average Bonchev–Trinajstić information content (AvgIpc) is 2.16. The quantitative estimate of drug-likeness (QED) is 0.731. The Bertz CT molecular complexity index is 313. The molecule has 0 aliphatic rings. The van der Waals surface area contributed by atoms with Gasteiger partial charge in [0.25, 0.3) is 0 Å². The van der Waals surface area contributed by atoms with Crippen molar-refractivity contribution in [1.29, 1.82) is 0 Å². The molecule has 0 bridgehead atoms. The van der Waals surface area contributed by atoms with Gasteiger partial charge in [-0.15, -0.1) is 0 Å². The molecule has 1 aromatic carbocycles. The summed E-state index contributed by atoms with van der Waals surface area (Å²) in [4.78, 5) is 0. The van der Waals surface area contributed by atoms with Gasteiger partial charge in [0.1, 0.15) is 5.75 Å². The number of hydrogen-bond donors (Lipinski definition) is 0. The number of aryl methyl sites for hydroxylation is 2. The molecule has 0 radical (unpaired) electrons. The van der Waals surface area contributed by atoms with Gasteiger partial charge in [0.15, 0.2) is 0 Å². The molecule has 0 saturated carbocycles. The standard InChI is InChI=1S/C14H21BrO/c1-10(2)13(8-15)9-16-14-6-11(3)5-12(4)7-14/h5-7,10,13H,8-9H2,1-4H3. The summed E-state index contributed by atoms with van der Waals surface area (Å²) in [5, 5.41) is 0.996. The summed E-state index contributed by atoms with van der Waals surface area (Å²) < 4.78 is 5.85. The van der Waals surface area contributed by atoms with Crippen LogP contribution < -0.4 is 4.74 Å². The van der Waals surface area contributed by atoms with E-state index in [2.05, 4.69) is 61.8 Å². The Hall–Kier alpha value is -0.500. The van der Waals surface area contributed by atoms with Crippen molar-refractivity contribution >= 4 is 15.9 Å². The van der Waals surface area contributed by atoms with E-state index in [1.54, 1.807) is 0 Å². The van der Waals surface area contributed by atoms with Crippen LogP contribution in [0.3, 0.4) is 0 Å². The van der Waals surface area contributed by atoms with E-state index >= 15 is 0 Å². The molecule has 0 aliphatic heterocycles. The Morgan fingerprint density at radius 2 is 1.69 bits per heavy atom. The largest absolute Gasteiger partial charge is 0.493 e. The Balaban J connectivity index is 2.60. The van der Waals surface area contributed by atoms with Crippen molar-refractivity contribution in [3.8, 4) is 5.75 Å². The fourth-order valence-corrected chi connectivity index (χ4v) is 2.57. The van der Waals surface area contributed by atoms with Gasteiger partial charge in [0.2, 0.25) is 0 Å². The van der Waals surface area contributed by atoms with Crippen LogP contribution in [-0.4, -0.2) is 11.9 Å². The molecular weight excluding hydrogens is 264 g/mol. The number of halogens is 1. The van der Waals surface area contributed by atoms with Gasteiger partial charge < -0.3 is 4.74 Å². The number of benzene rings is 1. The van der Waals surface area contributed by atoms with Gasteiger partial charge in [-0.25, -0.2) is 0 Å². The van der Waals surface area contributed by atoms with Crippen LogP contribution >= 0.6 is 15.9 Å². The van der Waals surface area contributed by atoms with Gasteiger partial charge in [0, 0.05) is 11.2 Å². The molecule has 0 aliphatic carbocycles. The second-order valence-corrected chi connectivity index (χ2v) is 5.44. The minimum Gasteiger partial charge on any atom is -0.493 e.